The predicted molar refractivity (Wildman–Crippen MR) is 225 cm³/mol. The van der Waals surface area contributed by atoms with Gasteiger partial charge in [-0.05, 0) is 127 Å². The molecule has 6 N–H and O–H groups in total. The van der Waals surface area contributed by atoms with E-state index in [0.29, 0.717) is 0 Å². The third kappa shape index (κ3) is 5.67. The van der Waals surface area contributed by atoms with Gasteiger partial charge in [0, 0.05) is 11.1 Å². The van der Waals surface area contributed by atoms with Crippen molar-refractivity contribution in [1.29, 1.82) is 0 Å². The van der Waals surface area contributed by atoms with Crippen LogP contribution in [-0.2, 0) is 5.41 Å². The second-order valence-corrected chi connectivity index (χ2v) is 13.9. The Balaban J connectivity index is 1.50. The summed E-state index contributed by atoms with van der Waals surface area (Å²) < 4.78 is 0. The number of fused-ring (bicyclic) bond motifs is 3. The molecule has 0 heterocycles. The average molecular weight is 709 g/mol. The summed E-state index contributed by atoms with van der Waals surface area (Å²) in [7, 11) is 0. The quantitative estimate of drug-likeness (QED) is 0.0813. The van der Waals surface area contributed by atoms with Crippen molar-refractivity contribution >= 4 is 11.4 Å². The average Bonchev–Trinajstić information content (AvgIpc) is 3.53. The van der Waals surface area contributed by atoms with Crippen LogP contribution in [0.1, 0.15) is 33.4 Å². The lowest BCUT2D eigenvalue weighted by molar-refractivity contribution is 0.477. The number of rotatable bonds is 5. The largest absolute Gasteiger partial charge is 0.506 e. The standard InChI is InChI=1S/C51H36N2O2/c52-46-29-39(23-25-48(46)54)51(40-24-26-49(55)47(53)30-40)45-32-42(36-19-11-4-12-20-36)41(35-17-9-3-10-18-35)31-43(45)44-28-38(34-15-7-2-8-16-34)27-37(50(44)51)22-21-33-13-5-1-6-14-33/h1-20,23-32,54-55H,52-53H2. The summed E-state index contributed by atoms with van der Waals surface area (Å²) in [5.74, 6) is 7.10. The topological polar surface area (TPSA) is 92.5 Å². The first kappa shape index (κ1) is 33.4. The Labute approximate surface area is 320 Å². The summed E-state index contributed by atoms with van der Waals surface area (Å²) in [6.07, 6.45) is 0. The fourth-order valence-corrected chi connectivity index (χ4v) is 8.14. The van der Waals surface area contributed by atoms with E-state index in [4.69, 9.17) is 11.5 Å². The number of phenolic OH excluding ortho intramolecular Hbond substituents is 2. The third-order valence-corrected chi connectivity index (χ3v) is 10.7. The number of aromatic hydroxyl groups is 2. The van der Waals surface area contributed by atoms with Gasteiger partial charge in [0.1, 0.15) is 11.5 Å². The molecular formula is C51H36N2O2. The minimum Gasteiger partial charge on any atom is -0.506 e. The molecular weight excluding hydrogens is 673 g/mol. The zero-order valence-corrected chi connectivity index (χ0v) is 29.9. The Bertz CT molecular complexity index is 2730. The van der Waals surface area contributed by atoms with Crippen molar-refractivity contribution in [2.24, 2.45) is 0 Å². The van der Waals surface area contributed by atoms with Crippen molar-refractivity contribution in [3.8, 4) is 67.8 Å². The molecule has 9 rings (SSSR count). The van der Waals surface area contributed by atoms with E-state index < -0.39 is 5.41 Å². The molecule has 55 heavy (non-hydrogen) atoms. The molecule has 1 aliphatic carbocycles. The van der Waals surface area contributed by atoms with Gasteiger partial charge in [0.2, 0.25) is 0 Å². The first-order chi connectivity index (χ1) is 26.9. The van der Waals surface area contributed by atoms with Crippen LogP contribution in [0.15, 0.2) is 182 Å². The molecule has 0 spiro atoms. The molecule has 8 aromatic carbocycles. The normalized spacial score (nSPS) is 12.3. The molecule has 8 aromatic rings. The molecule has 4 nitrogen and oxygen atoms in total. The number of anilines is 2. The number of hydrogen-bond donors (Lipinski definition) is 4. The van der Waals surface area contributed by atoms with Crippen LogP contribution in [-0.4, -0.2) is 10.2 Å². The van der Waals surface area contributed by atoms with Crippen LogP contribution in [0.25, 0.3) is 44.5 Å². The zero-order valence-electron chi connectivity index (χ0n) is 29.9. The van der Waals surface area contributed by atoms with Crippen LogP contribution in [0.3, 0.4) is 0 Å². The Kier molecular flexibility index (Phi) is 8.19. The Hall–Kier alpha value is -7.48. The van der Waals surface area contributed by atoms with E-state index in [0.717, 1.165) is 77.9 Å². The molecule has 0 saturated carbocycles. The molecule has 0 radical (unpaired) electrons. The Morgan fingerprint density at radius 2 is 0.891 bits per heavy atom. The minimum atomic E-state index is -1.04. The van der Waals surface area contributed by atoms with E-state index in [1.54, 1.807) is 12.1 Å². The number of nitrogens with two attached hydrogens (primary N) is 2. The maximum absolute atomic E-state index is 10.8. The number of phenols is 2. The predicted octanol–water partition coefficient (Wildman–Crippen LogP) is 11.0. The first-order valence-electron chi connectivity index (χ1n) is 18.2. The lowest BCUT2D eigenvalue weighted by Crippen LogP contribution is -2.30. The van der Waals surface area contributed by atoms with Crippen LogP contribution in [0.4, 0.5) is 11.4 Å². The monoisotopic (exact) mass is 708 g/mol. The van der Waals surface area contributed by atoms with E-state index in [1.165, 1.54) is 0 Å². The molecule has 4 heteroatoms. The highest BCUT2D eigenvalue weighted by Crippen LogP contribution is 2.60. The van der Waals surface area contributed by atoms with Gasteiger partial charge in [-0.2, -0.15) is 0 Å². The third-order valence-electron chi connectivity index (χ3n) is 10.7. The van der Waals surface area contributed by atoms with Gasteiger partial charge in [-0.1, -0.05) is 133 Å². The molecule has 0 fully saturated rings. The van der Waals surface area contributed by atoms with Crippen molar-refractivity contribution < 1.29 is 10.2 Å². The summed E-state index contributed by atoms with van der Waals surface area (Å²) >= 11 is 0. The Morgan fingerprint density at radius 1 is 0.400 bits per heavy atom. The van der Waals surface area contributed by atoms with Gasteiger partial charge < -0.3 is 21.7 Å². The maximum Gasteiger partial charge on any atom is 0.138 e. The molecule has 0 aliphatic heterocycles. The summed E-state index contributed by atoms with van der Waals surface area (Å²) in [5, 5.41) is 21.6. The first-order valence-corrected chi connectivity index (χ1v) is 18.2. The summed E-state index contributed by atoms with van der Waals surface area (Å²) in [4.78, 5) is 0. The molecule has 262 valence electrons. The van der Waals surface area contributed by atoms with E-state index in [2.05, 4.69) is 96.8 Å². The fourth-order valence-electron chi connectivity index (χ4n) is 8.14. The minimum absolute atomic E-state index is 0.00418. The second kappa shape index (κ2) is 13.5. The van der Waals surface area contributed by atoms with Gasteiger partial charge in [0.05, 0.1) is 16.8 Å². The van der Waals surface area contributed by atoms with Gasteiger partial charge in [0.25, 0.3) is 0 Å². The molecule has 0 atom stereocenters. The van der Waals surface area contributed by atoms with Gasteiger partial charge >= 0.3 is 0 Å². The van der Waals surface area contributed by atoms with Crippen molar-refractivity contribution in [2.75, 3.05) is 11.5 Å². The van der Waals surface area contributed by atoms with Crippen molar-refractivity contribution in [2.45, 2.75) is 5.41 Å². The summed E-state index contributed by atoms with van der Waals surface area (Å²) in [6.45, 7) is 0. The van der Waals surface area contributed by atoms with Gasteiger partial charge in [-0.25, -0.2) is 0 Å². The fraction of sp³-hybridized carbons (Fsp3) is 0.0196. The van der Waals surface area contributed by atoms with Gasteiger partial charge in [0.15, 0.2) is 0 Å². The number of nitrogen functional groups attached to an aromatic ring is 2. The van der Waals surface area contributed by atoms with Crippen molar-refractivity contribution in [1.82, 2.24) is 0 Å². The van der Waals surface area contributed by atoms with Gasteiger partial charge in [-0.15, -0.1) is 0 Å². The van der Waals surface area contributed by atoms with Crippen LogP contribution in [0, 0.1) is 11.8 Å². The van der Waals surface area contributed by atoms with Crippen molar-refractivity contribution in [3.05, 3.63) is 215 Å². The summed E-state index contributed by atoms with van der Waals surface area (Å²) in [5.41, 5.74) is 26.4. The maximum atomic E-state index is 10.8. The van der Waals surface area contributed by atoms with Gasteiger partial charge in [-0.3, -0.25) is 0 Å². The Morgan fingerprint density at radius 3 is 1.42 bits per heavy atom. The summed E-state index contributed by atoms with van der Waals surface area (Å²) in [6, 6.07) is 61.2. The van der Waals surface area contributed by atoms with Crippen LogP contribution < -0.4 is 11.5 Å². The van der Waals surface area contributed by atoms with Crippen LogP contribution in [0.5, 0.6) is 11.5 Å². The van der Waals surface area contributed by atoms with Crippen molar-refractivity contribution in [3.63, 3.8) is 0 Å². The van der Waals surface area contributed by atoms with Crippen LogP contribution >= 0.6 is 0 Å². The highest BCUT2D eigenvalue weighted by Gasteiger charge is 2.49. The molecule has 0 unspecified atom stereocenters. The highest BCUT2D eigenvalue weighted by atomic mass is 16.3. The zero-order chi connectivity index (χ0) is 37.5. The van der Waals surface area contributed by atoms with E-state index in [1.807, 2.05) is 84.9 Å². The molecule has 0 aromatic heterocycles. The van der Waals surface area contributed by atoms with E-state index in [9.17, 15) is 10.2 Å². The molecule has 1 aliphatic rings. The molecule has 0 bridgehead atoms. The molecule has 0 amide bonds. The van der Waals surface area contributed by atoms with E-state index >= 15 is 0 Å². The lowest BCUT2D eigenvalue weighted by atomic mass is 9.65. The second-order valence-electron chi connectivity index (χ2n) is 13.9. The number of benzene rings is 8. The molecule has 0 saturated heterocycles. The van der Waals surface area contributed by atoms with E-state index in [-0.39, 0.29) is 22.9 Å². The van der Waals surface area contributed by atoms with Crippen LogP contribution in [0.2, 0.25) is 0 Å². The smallest absolute Gasteiger partial charge is 0.138 e. The lowest BCUT2D eigenvalue weighted by Gasteiger charge is -2.35. The SMILES string of the molecule is Nc1cc(C2(c3ccc(O)c(N)c3)c3cc(-c4ccccc4)c(-c4ccccc4)cc3-c3cc(-c4ccccc4)cc(C#Cc4ccccc4)c32)ccc1O. The highest BCUT2D eigenvalue weighted by molar-refractivity contribution is 5.97. The number of hydrogen-bond acceptors (Lipinski definition) is 4.